The summed E-state index contributed by atoms with van der Waals surface area (Å²) in [7, 11) is -17.0. The van der Waals surface area contributed by atoms with Gasteiger partial charge in [0.25, 0.3) is 0 Å². The first-order valence-corrected chi connectivity index (χ1v) is 13.3. The van der Waals surface area contributed by atoms with Gasteiger partial charge in [-0.15, -0.1) is 0 Å². The molecule has 33 heavy (non-hydrogen) atoms. The molecule has 0 bridgehead atoms. The van der Waals surface area contributed by atoms with E-state index in [4.69, 9.17) is 37.7 Å². The maximum Gasteiger partial charge on any atom is 0.490 e. The van der Waals surface area contributed by atoms with Gasteiger partial charge in [0.2, 0.25) is 0 Å². The second-order valence-electron chi connectivity index (χ2n) is 6.17. The summed E-state index contributed by atoms with van der Waals surface area (Å²) in [6, 6.07) is 0. The summed E-state index contributed by atoms with van der Waals surface area (Å²) < 4.78 is 52.0. The molecule has 3 unspecified atom stereocenters. The highest BCUT2D eigenvalue weighted by Crippen LogP contribution is 2.66. The van der Waals surface area contributed by atoms with Gasteiger partial charge in [-0.05, 0) is 18.5 Å². The lowest BCUT2D eigenvalue weighted by molar-refractivity contribution is -0.0752. The zero-order chi connectivity index (χ0) is 25.4. The second-order valence-corrected chi connectivity index (χ2v) is 11.4. The first-order valence-electron chi connectivity index (χ1n) is 8.06. The van der Waals surface area contributed by atoms with Crippen LogP contribution in [0.4, 0.5) is 0 Å². The minimum Gasteiger partial charge on any atom is -0.387 e. The molecular formula is C11H14Cl2N3O14P3. The van der Waals surface area contributed by atoms with Gasteiger partial charge >= 0.3 is 34.8 Å². The number of aromatic amines is 1. The van der Waals surface area contributed by atoms with Gasteiger partial charge in [-0.2, -0.15) is 13.6 Å². The number of nitrogens with one attached hydrogen (secondary N) is 1. The van der Waals surface area contributed by atoms with E-state index in [0.717, 1.165) is 6.92 Å². The minimum atomic E-state index is -5.80. The lowest BCUT2D eigenvalue weighted by Crippen LogP contribution is -2.45. The molecule has 1 saturated heterocycles. The largest absolute Gasteiger partial charge is 0.490 e. The van der Waals surface area contributed by atoms with Crippen LogP contribution in [0, 0.1) is 11.3 Å². The van der Waals surface area contributed by atoms with Crippen LogP contribution in [0.5, 0.6) is 0 Å². The predicted molar refractivity (Wildman–Crippen MR) is 106 cm³/mol. The number of aliphatic hydroxyl groups excluding tert-OH is 1. The summed E-state index contributed by atoms with van der Waals surface area (Å²) >= 11 is 11.7. The average molecular weight is 576 g/mol. The molecular weight excluding hydrogens is 562 g/mol. The van der Waals surface area contributed by atoms with Crippen molar-refractivity contribution in [2.24, 2.45) is 0 Å². The first-order chi connectivity index (χ1) is 14.9. The quantitative estimate of drug-likeness (QED) is 0.125. The van der Waals surface area contributed by atoms with Crippen LogP contribution in [0.3, 0.4) is 0 Å². The Bertz CT molecular complexity index is 1220. The predicted octanol–water partition coefficient (Wildman–Crippen LogP) is -0.901. The molecule has 1 aromatic rings. The van der Waals surface area contributed by atoms with E-state index in [1.807, 2.05) is 5.38 Å². The Labute approximate surface area is 192 Å². The molecule has 2 heterocycles. The van der Waals surface area contributed by atoms with Gasteiger partial charge in [0, 0.05) is 5.38 Å². The topological polar surface area (TPSA) is 257 Å². The molecule has 7 atom stereocenters. The number of phosphoric acid groups is 3. The molecule has 2 rings (SSSR count). The molecule has 0 radical (unpaired) electrons. The average Bonchev–Trinajstić information content (AvgIpc) is 2.83. The van der Waals surface area contributed by atoms with Crippen LogP contribution in [0.2, 0.25) is 0 Å². The molecule has 0 spiro atoms. The molecule has 1 aromatic heterocycles. The molecule has 6 N–H and O–H groups in total. The number of ether oxygens (including phenoxy) is 1. The van der Waals surface area contributed by atoms with Crippen molar-refractivity contribution in [2.45, 2.75) is 36.3 Å². The van der Waals surface area contributed by atoms with E-state index in [1.54, 1.807) is 4.98 Å². The lowest BCUT2D eigenvalue weighted by Gasteiger charge is -2.26. The summed E-state index contributed by atoms with van der Waals surface area (Å²) in [6.07, 6.45) is -6.34. The number of halogens is 2. The fourth-order valence-electron chi connectivity index (χ4n) is 2.64. The Kier molecular flexibility index (Phi) is 8.56. The third-order valence-corrected chi connectivity index (χ3v) is 8.33. The van der Waals surface area contributed by atoms with Crippen LogP contribution in [0.15, 0.2) is 15.9 Å². The van der Waals surface area contributed by atoms with Crippen LogP contribution >= 0.6 is 46.7 Å². The fourth-order valence-corrected chi connectivity index (χ4v) is 6.38. The van der Waals surface area contributed by atoms with E-state index < -0.39 is 64.3 Å². The Morgan fingerprint density at radius 3 is 2.36 bits per heavy atom. The summed E-state index contributed by atoms with van der Waals surface area (Å²) in [5.74, 6) is 2.19. The van der Waals surface area contributed by atoms with Crippen molar-refractivity contribution in [2.75, 3.05) is 0 Å². The van der Waals surface area contributed by atoms with Crippen LogP contribution in [0.1, 0.15) is 13.2 Å². The minimum absolute atomic E-state index is 0.621. The van der Waals surface area contributed by atoms with Crippen molar-refractivity contribution >= 4 is 46.7 Å². The molecule has 0 aliphatic carbocycles. The van der Waals surface area contributed by atoms with Crippen molar-refractivity contribution in [3.63, 3.8) is 0 Å². The maximum absolute atomic E-state index is 12.1. The molecule has 0 saturated carbocycles. The zero-order valence-corrected chi connectivity index (χ0v) is 20.0. The summed E-state index contributed by atoms with van der Waals surface area (Å²) in [4.78, 5) is 62.2. The number of aliphatic hydroxyl groups is 1. The van der Waals surface area contributed by atoms with E-state index >= 15 is 0 Å². The van der Waals surface area contributed by atoms with Crippen LogP contribution in [-0.4, -0.2) is 62.4 Å². The molecule has 1 fully saturated rings. The van der Waals surface area contributed by atoms with E-state index in [2.05, 4.69) is 24.0 Å². The van der Waals surface area contributed by atoms with E-state index in [1.165, 1.54) is 0 Å². The molecule has 17 nitrogen and oxygen atoms in total. The Morgan fingerprint density at radius 2 is 1.85 bits per heavy atom. The standard InChI is InChI=1S/C11H14Cl2N3O14P3/c1-5(28-32(23,24)30-33(25,26)29-31(20,21)22)6-7(17)11(13,2-3-12)8(27-6)16-4-14-9(18)15-10(16)19/h4-8,17H,1H3,(H,23,24)(H,25,26)(H,15,18,19)(H2,20,21,22)/t5-,6-,7+,8-,11?/m1/s1. The van der Waals surface area contributed by atoms with Crippen molar-refractivity contribution < 1.29 is 56.3 Å². The van der Waals surface area contributed by atoms with Gasteiger partial charge in [0.05, 0.1) is 6.10 Å². The van der Waals surface area contributed by atoms with Crippen molar-refractivity contribution in [3.05, 3.63) is 27.3 Å². The van der Waals surface area contributed by atoms with Crippen LogP contribution in [-0.2, 0) is 31.6 Å². The number of nitrogens with zero attached hydrogens (tertiary/aromatic N) is 2. The van der Waals surface area contributed by atoms with Gasteiger partial charge in [-0.3, -0.25) is 14.1 Å². The summed E-state index contributed by atoms with van der Waals surface area (Å²) in [5.41, 5.74) is -2.11. The number of rotatable bonds is 8. The second kappa shape index (κ2) is 9.98. The SMILES string of the molecule is C[C@@H](OP(=O)(O)OP(=O)(O)OP(=O)(O)O)[C@H]1O[C@@H](n2cnc(=O)[nH]c2=O)C(Cl)(C#CCl)[C@H]1O. The fraction of sp³-hybridized carbons (Fsp3) is 0.545. The number of phosphoric ester groups is 1. The third kappa shape index (κ3) is 7.04. The van der Waals surface area contributed by atoms with Gasteiger partial charge in [0.15, 0.2) is 11.1 Å². The monoisotopic (exact) mass is 575 g/mol. The number of aromatic nitrogens is 3. The lowest BCUT2D eigenvalue weighted by atomic mass is 9.97. The number of hydrogen-bond donors (Lipinski definition) is 6. The van der Waals surface area contributed by atoms with Crippen molar-refractivity contribution in [3.8, 4) is 11.3 Å². The van der Waals surface area contributed by atoms with Crippen LogP contribution in [0.25, 0.3) is 0 Å². The summed E-state index contributed by atoms with van der Waals surface area (Å²) in [6.45, 7) is 0.994. The van der Waals surface area contributed by atoms with E-state index in [-0.39, 0.29) is 0 Å². The zero-order valence-electron chi connectivity index (χ0n) is 15.8. The molecule has 186 valence electrons. The Balaban J connectivity index is 2.32. The number of H-pyrrole nitrogens is 1. The molecule has 1 aliphatic rings. The normalized spacial score (nSPS) is 30.0. The molecule has 1 aliphatic heterocycles. The van der Waals surface area contributed by atoms with Crippen LogP contribution < -0.4 is 11.4 Å². The van der Waals surface area contributed by atoms with Gasteiger partial charge in [-0.1, -0.05) is 17.5 Å². The maximum atomic E-state index is 12.1. The molecule has 0 amide bonds. The van der Waals surface area contributed by atoms with Gasteiger partial charge in [0.1, 0.15) is 18.5 Å². The van der Waals surface area contributed by atoms with Gasteiger partial charge < -0.3 is 29.4 Å². The first kappa shape index (κ1) is 28.3. The summed E-state index contributed by atoms with van der Waals surface area (Å²) in [5, 5.41) is 12.5. The smallest absolute Gasteiger partial charge is 0.387 e. The van der Waals surface area contributed by atoms with E-state index in [0.29, 0.717) is 10.9 Å². The number of alkyl halides is 1. The third-order valence-electron chi connectivity index (χ3n) is 3.80. The van der Waals surface area contributed by atoms with E-state index in [9.17, 15) is 38.2 Å². The molecule has 22 heteroatoms. The Morgan fingerprint density at radius 1 is 1.24 bits per heavy atom. The van der Waals surface area contributed by atoms with Gasteiger partial charge in [-0.25, -0.2) is 23.3 Å². The highest BCUT2D eigenvalue weighted by Gasteiger charge is 2.58. The number of hydrogen-bond acceptors (Lipinski definition) is 11. The highest BCUT2D eigenvalue weighted by atomic mass is 35.5. The molecule has 0 aromatic carbocycles. The Hall–Kier alpha value is -0.920. The van der Waals surface area contributed by atoms with Crippen molar-refractivity contribution in [1.82, 2.24) is 14.5 Å². The highest BCUT2D eigenvalue weighted by molar-refractivity contribution is 7.66. The van der Waals surface area contributed by atoms with Crippen molar-refractivity contribution in [1.29, 1.82) is 0 Å².